The van der Waals surface area contributed by atoms with Gasteiger partial charge in [-0.05, 0) is 36.4 Å². The van der Waals surface area contributed by atoms with Gasteiger partial charge in [-0.15, -0.1) is 11.8 Å². The predicted octanol–water partition coefficient (Wildman–Crippen LogP) is 2.23. The van der Waals surface area contributed by atoms with Crippen LogP contribution in [-0.2, 0) is 0 Å². The molecule has 1 fully saturated rings. The maximum Gasteiger partial charge on any atom is 0.269 e. The highest BCUT2D eigenvalue weighted by atomic mass is 32.2. The van der Waals surface area contributed by atoms with Gasteiger partial charge in [-0.1, -0.05) is 0 Å². The summed E-state index contributed by atoms with van der Waals surface area (Å²) in [5, 5.41) is 10.7. The number of benzene rings is 2. The van der Waals surface area contributed by atoms with Crippen LogP contribution in [0.3, 0.4) is 0 Å². The molecule has 0 bridgehead atoms. The van der Waals surface area contributed by atoms with Crippen LogP contribution >= 0.6 is 11.8 Å². The van der Waals surface area contributed by atoms with Crippen LogP contribution in [0.1, 0.15) is 0 Å². The van der Waals surface area contributed by atoms with Crippen molar-refractivity contribution in [1.29, 1.82) is 0 Å². The summed E-state index contributed by atoms with van der Waals surface area (Å²) in [6.07, 6.45) is 0. The number of nitrogens with one attached hydrogen (secondary N) is 1. The van der Waals surface area contributed by atoms with Crippen LogP contribution in [-0.4, -0.2) is 43.4 Å². The fraction of sp³-hybridized carbons (Fsp3) is 0.333. The van der Waals surface area contributed by atoms with Gasteiger partial charge in [-0.2, -0.15) is 0 Å². The van der Waals surface area contributed by atoms with Crippen molar-refractivity contribution in [2.75, 3.05) is 43.4 Å². The number of anilines is 1. The first-order chi connectivity index (χ1) is 12.1. The Morgan fingerprint density at radius 3 is 2.32 bits per heavy atom. The molecule has 2 aromatic carbocycles. The average Bonchev–Trinajstić information content (AvgIpc) is 2.64. The van der Waals surface area contributed by atoms with Crippen molar-refractivity contribution >= 4 is 23.1 Å². The topological polar surface area (TPSA) is 50.8 Å². The number of piperazine rings is 1. The molecule has 132 valence electrons. The average molecular weight is 362 g/mol. The Bertz CT molecular complexity index is 701. The fourth-order valence-electron chi connectivity index (χ4n) is 2.96. The van der Waals surface area contributed by atoms with Gasteiger partial charge in [-0.25, -0.2) is 4.39 Å². The minimum Gasteiger partial charge on any atom is -0.360 e. The highest BCUT2D eigenvalue weighted by Crippen LogP contribution is 2.19. The van der Waals surface area contributed by atoms with E-state index in [2.05, 4.69) is 4.90 Å². The number of nitrogens with zero attached hydrogens (tertiary/aromatic N) is 2. The van der Waals surface area contributed by atoms with Gasteiger partial charge < -0.3 is 9.80 Å². The lowest BCUT2D eigenvalue weighted by molar-refractivity contribution is -0.898. The molecule has 0 radical (unpaired) electrons. The first-order valence-corrected chi connectivity index (χ1v) is 9.32. The largest absolute Gasteiger partial charge is 0.360 e. The molecule has 2 aromatic rings. The minimum atomic E-state index is -0.370. The molecule has 0 spiro atoms. The molecular formula is C18H21FN3O2S+. The monoisotopic (exact) mass is 362 g/mol. The number of nitro groups is 1. The summed E-state index contributed by atoms with van der Waals surface area (Å²) in [6.45, 7) is 5.10. The Hall–Kier alpha value is -2.12. The Kier molecular flexibility index (Phi) is 5.88. The van der Waals surface area contributed by atoms with E-state index in [1.165, 1.54) is 12.1 Å². The number of non-ortho nitro benzene ring substituents is 1. The normalized spacial score (nSPS) is 15.3. The molecule has 0 aromatic heterocycles. The van der Waals surface area contributed by atoms with Crippen molar-refractivity contribution in [1.82, 2.24) is 0 Å². The number of hydrogen-bond acceptors (Lipinski definition) is 4. The predicted molar refractivity (Wildman–Crippen MR) is 98.0 cm³/mol. The Labute approximate surface area is 150 Å². The lowest BCUT2D eigenvalue weighted by Crippen LogP contribution is -3.15. The van der Waals surface area contributed by atoms with Crippen molar-refractivity contribution in [2.45, 2.75) is 4.90 Å². The Balaban J connectivity index is 1.42. The van der Waals surface area contributed by atoms with Gasteiger partial charge in [0.15, 0.2) is 0 Å². The quantitative estimate of drug-likeness (QED) is 0.486. The van der Waals surface area contributed by atoms with Gasteiger partial charge in [0, 0.05) is 28.5 Å². The third-order valence-corrected chi connectivity index (χ3v) is 5.45. The number of rotatable bonds is 6. The summed E-state index contributed by atoms with van der Waals surface area (Å²) in [5.74, 6) is 0.815. The number of halogens is 1. The SMILES string of the molecule is O=[N+]([O-])c1ccc(N2CC[NH+](CCSc3ccc(F)cc3)CC2)cc1. The summed E-state index contributed by atoms with van der Waals surface area (Å²) in [7, 11) is 0. The van der Waals surface area contributed by atoms with Gasteiger partial charge in [0.05, 0.1) is 37.6 Å². The first kappa shape index (κ1) is 17.7. The number of nitro benzene ring substituents is 1. The molecule has 1 aliphatic rings. The second-order valence-corrected chi connectivity index (χ2v) is 7.23. The smallest absolute Gasteiger partial charge is 0.269 e. The van der Waals surface area contributed by atoms with Gasteiger partial charge in [0.2, 0.25) is 0 Å². The second-order valence-electron chi connectivity index (χ2n) is 6.06. The van der Waals surface area contributed by atoms with E-state index in [4.69, 9.17) is 0 Å². The van der Waals surface area contributed by atoms with E-state index in [1.54, 1.807) is 28.8 Å². The van der Waals surface area contributed by atoms with E-state index < -0.39 is 0 Å². The standard InChI is InChI=1S/C18H20FN3O2S/c19-15-1-7-18(8-2-15)25-14-13-20-9-11-21(12-10-20)16-3-5-17(6-4-16)22(23)24/h1-8H,9-14H2/p+1. The minimum absolute atomic E-state index is 0.130. The van der Waals surface area contributed by atoms with Crippen molar-refractivity contribution in [3.05, 3.63) is 64.5 Å². The van der Waals surface area contributed by atoms with E-state index in [1.807, 2.05) is 24.3 Å². The molecule has 1 N–H and O–H groups in total. The third kappa shape index (κ3) is 4.93. The maximum atomic E-state index is 12.9. The summed E-state index contributed by atoms with van der Waals surface area (Å²) in [4.78, 5) is 15.3. The van der Waals surface area contributed by atoms with E-state index in [0.29, 0.717) is 0 Å². The van der Waals surface area contributed by atoms with Crippen LogP contribution in [0.5, 0.6) is 0 Å². The molecule has 3 rings (SSSR count). The van der Waals surface area contributed by atoms with Gasteiger partial charge in [0.25, 0.3) is 5.69 Å². The zero-order valence-corrected chi connectivity index (χ0v) is 14.7. The van der Waals surface area contributed by atoms with Gasteiger partial charge >= 0.3 is 0 Å². The summed E-state index contributed by atoms with van der Waals surface area (Å²) in [5.41, 5.74) is 1.18. The van der Waals surface area contributed by atoms with Crippen LogP contribution in [0.15, 0.2) is 53.4 Å². The molecule has 5 nitrogen and oxygen atoms in total. The molecule has 1 aliphatic heterocycles. The van der Waals surface area contributed by atoms with Crippen molar-refractivity contribution < 1.29 is 14.2 Å². The molecule has 25 heavy (non-hydrogen) atoms. The van der Waals surface area contributed by atoms with E-state index in [0.717, 1.165) is 49.1 Å². The highest BCUT2D eigenvalue weighted by molar-refractivity contribution is 7.99. The van der Waals surface area contributed by atoms with E-state index >= 15 is 0 Å². The number of quaternary nitrogens is 1. The zero-order valence-electron chi connectivity index (χ0n) is 13.9. The highest BCUT2D eigenvalue weighted by Gasteiger charge is 2.20. The first-order valence-electron chi connectivity index (χ1n) is 8.33. The van der Waals surface area contributed by atoms with Crippen molar-refractivity contribution in [3.63, 3.8) is 0 Å². The third-order valence-electron chi connectivity index (χ3n) is 4.43. The lowest BCUT2D eigenvalue weighted by Gasteiger charge is -2.33. The van der Waals surface area contributed by atoms with E-state index in [-0.39, 0.29) is 16.4 Å². The molecule has 1 heterocycles. The van der Waals surface area contributed by atoms with Crippen LogP contribution in [0, 0.1) is 15.9 Å². The van der Waals surface area contributed by atoms with E-state index in [9.17, 15) is 14.5 Å². The van der Waals surface area contributed by atoms with Gasteiger partial charge in [0.1, 0.15) is 5.82 Å². The fourth-order valence-corrected chi connectivity index (χ4v) is 3.92. The Morgan fingerprint density at radius 2 is 1.72 bits per heavy atom. The van der Waals surface area contributed by atoms with Crippen molar-refractivity contribution in [2.24, 2.45) is 0 Å². The zero-order chi connectivity index (χ0) is 17.6. The molecule has 7 heteroatoms. The van der Waals surface area contributed by atoms with Crippen LogP contribution in [0.2, 0.25) is 0 Å². The molecular weight excluding hydrogens is 341 g/mol. The molecule has 0 saturated carbocycles. The summed E-state index contributed by atoms with van der Waals surface area (Å²) in [6, 6.07) is 13.4. The molecule has 0 atom stereocenters. The van der Waals surface area contributed by atoms with Gasteiger partial charge in [-0.3, -0.25) is 10.1 Å². The summed E-state index contributed by atoms with van der Waals surface area (Å²) < 4.78 is 12.9. The molecule has 1 saturated heterocycles. The molecule has 0 amide bonds. The van der Waals surface area contributed by atoms with Crippen LogP contribution < -0.4 is 9.80 Å². The van der Waals surface area contributed by atoms with Crippen molar-refractivity contribution in [3.8, 4) is 0 Å². The number of hydrogen-bond donors (Lipinski definition) is 1. The second kappa shape index (κ2) is 8.31. The number of thioether (sulfide) groups is 1. The van der Waals surface area contributed by atoms with Crippen LogP contribution in [0.25, 0.3) is 0 Å². The van der Waals surface area contributed by atoms with Crippen LogP contribution in [0.4, 0.5) is 15.8 Å². The summed E-state index contributed by atoms with van der Waals surface area (Å²) >= 11 is 1.76. The lowest BCUT2D eigenvalue weighted by atomic mass is 10.2. The molecule has 0 unspecified atom stereocenters. The Morgan fingerprint density at radius 1 is 1.08 bits per heavy atom. The molecule has 0 aliphatic carbocycles. The maximum absolute atomic E-state index is 12.9.